The van der Waals surface area contributed by atoms with Crippen molar-refractivity contribution in [1.82, 2.24) is 4.98 Å². The van der Waals surface area contributed by atoms with Gasteiger partial charge in [0.05, 0.1) is 11.3 Å². The fraction of sp³-hybridized carbons (Fsp3) is 0.444. The number of anilines is 1. The van der Waals surface area contributed by atoms with Crippen LogP contribution in [-0.4, -0.2) is 16.1 Å². The average molecular weight is 464 g/mol. The molecule has 0 spiro atoms. The monoisotopic (exact) mass is 464 g/mol. The summed E-state index contributed by atoms with van der Waals surface area (Å²) in [6.45, 7) is 4.02. The first kappa shape index (κ1) is 22.6. The van der Waals surface area contributed by atoms with E-state index in [-0.39, 0.29) is 26.0 Å². The molecule has 2 N–H and O–H groups in total. The number of halogens is 4. The van der Waals surface area contributed by atoms with Gasteiger partial charge >= 0.3 is 12.2 Å². The summed E-state index contributed by atoms with van der Waals surface area (Å²) >= 11 is 0.694. The third-order valence-electron chi connectivity index (χ3n) is 4.55. The quantitative estimate of drug-likeness (QED) is 0.490. The van der Waals surface area contributed by atoms with Gasteiger partial charge in [-0.05, 0) is 55.9 Å². The van der Waals surface area contributed by atoms with Gasteiger partial charge in [0.15, 0.2) is 0 Å². The molecule has 12 heteroatoms. The summed E-state index contributed by atoms with van der Waals surface area (Å²) < 4.78 is 69.3. The summed E-state index contributed by atoms with van der Waals surface area (Å²) in [5.41, 5.74) is -2.05. The molecule has 0 atom stereocenters. The van der Waals surface area contributed by atoms with E-state index in [9.17, 15) is 31.7 Å². The van der Waals surface area contributed by atoms with Crippen molar-refractivity contribution in [3.63, 3.8) is 0 Å². The van der Waals surface area contributed by atoms with E-state index in [4.69, 9.17) is 0 Å². The molecule has 6 nitrogen and oxygen atoms in total. The molecule has 2 aromatic heterocycles. The van der Waals surface area contributed by atoms with E-state index in [1.54, 1.807) is 0 Å². The number of aliphatic hydroxyl groups is 1. The number of pyridine rings is 1. The Morgan fingerprint density at radius 3 is 2.57 bits per heavy atom. The lowest BCUT2D eigenvalue weighted by atomic mass is 10.1. The first-order valence-electron chi connectivity index (χ1n) is 8.85. The number of amides is 2. The Morgan fingerprint density at radius 2 is 2.00 bits per heavy atom. The average Bonchev–Trinajstić information content (AvgIpc) is 3.22. The van der Waals surface area contributed by atoms with Gasteiger partial charge < -0.3 is 19.0 Å². The Bertz CT molecular complexity index is 1100. The van der Waals surface area contributed by atoms with E-state index < -0.39 is 39.9 Å². The highest BCUT2D eigenvalue weighted by molar-refractivity contribution is 7.78. The van der Waals surface area contributed by atoms with E-state index in [0.29, 0.717) is 36.2 Å². The fourth-order valence-corrected chi connectivity index (χ4v) is 5.09. The van der Waals surface area contributed by atoms with E-state index in [2.05, 4.69) is 14.7 Å². The standard InChI is InChI=1S/C18H18F4N3O3S2/c1-8-13(9-5-4-6-11(9)23-14(8)18(20,21)22)24-16(26)25-30(28)15-10(19)7-12(29-15)17(2,3)27/h7,27H,4-6H2,1-3H3,(H,23,24,26)/q-1. The van der Waals surface area contributed by atoms with Gasteiger partial charge in [-0.3, -0.25) is 0 Å². The molecule has 0 fully saturated rings. The lowest BCUT2D eigenvalue weighted by molar-refractivity contribution is -0.141. The van der Waals surface area contributed by atoms with Gasteiger partial charge in [-0.2, -0.15) is 24.5 Å². The van der Waals surface area contributed by atoms with Crippen LogP contribution in [0.3, 0.4) is 0 Å². The zero-order chi connectivity index (χ0) is 22.4. The van der Waals surface area contributed by atoms with Crippen LogP contribution in [-0.2, 0) is 39.4 Å². The summed E-state index contributed by atoms with van der Waals surface area (Å²) in [6.07, 6.45) is -3.32. The smallest absolute Gasteiger partial charge is 0.433 e. The molecule has 30 heavy (non-hydrogen) atoms. The molecule has 0 aliphatic heterocycles. The van der Waals surface area contributed by atoms with Crippen LogP contribution in [0.15, 0.2) is 14.6 Å². The molecule has 0 saturated carbocycles. The third-order valence-corrected chi connectivity index (χ3v) is 7.29. The van der Waals surface area contributed by atoms with Crippen LogP contribution < -0.4 is 5.32 Å². The van der Waals surface area contributed by atoms with Crippen molar-refractivity contribution in [2.24, 2.45) is 4.36 Å². The van der Waals surface area contributed by atoms with Crippen molar-refractivity contribution in [2.45, 2.75) is 56.0 Å². The number of nitrogens with zero attached hydrogens (tertiary/aromatic N) is 2. The van der Waals surface area contributed by atoms with Gasteiger partial charge in [-0.1, -0.05) is 0 Å². The molecule has 3 rings (SSSR count). The minimum atomic E-state index is -4.70. The topological polar surface area (TPSA) is 91.7 Å². The Morgan fingerprint density at radius 1 is 1.33 bits per heavy atom. The predicted molar refractivity (Wildman–Crippen MR) is 103 cm³/mol. The number of alkyl halides is 3. The number of carbonyl (C=O) groups is 1. The number of thiophene rings is 1. The van der Waals surface area contributed by atoms with E-state index in [0.717, 1.165) is 6.07 Å². The Kier molecular flexibility index (Phi) is 5.95. The minimum Gasteiger partial charge on any atom is -0.439 e. The second kappa shape index (κ2) is 7.89. The van der Waals surface area contributed by atoms with Crippen molar-refractivity contribution >= 4 is 33.7 Å². The highest BCUT2D eigenvalue weighted by Gasteiger charge is 2.37. The number of hydrogen-bond acceptors (Lipinski definition) is 6. The van der Waals surface area contributed by atoms with Gasteiger partial charge in [0.1, 0.15) is 11.5 Å². The minimum absolute atomic E-state index is 0.0561. The van der Waals surface area contributed by atoms with Crippen molar-refractivity contribution < 1.29 is 31.7 Å². The molecule has 0 unspecified atom stereocenters. The van der Waals surface area contributed by atoms with Gasteiger partial charge in [-0.15, -0.1) is 10.6 Å². The van der Waals surface area contributed by atoms with Crippen LogP contribution in [0, 0.1) is 12.7 Å². The fourth-order valence-electron chi connectivity index (χ4n) is 3.15. The maximum atomic E-state index is 14.1. The predicted octanol–water partition coefficient (Wildman–Crippen LogP) is 5.06. The Hall–Kier alpha value is -2.05. The highest BCUT2D eigenvalue weighted by atomic mass is 32.2. The molecule has 0 bridgehead atoms. The normalized spacial score (nSPS) is 15.3. The van der Waals surface area contributed by atoms with Crippen LogP contribution in [0.25, 0.3) is 0 Å². The summed E-state index contributed by atoms with van der Waals surface area (Å²) in [6, 6.07) is -0.164. The third kappa shape index (κ3) is 4.49. The lowest BCUT2D eigenvalue weighted by Crippen LogP contribution is -2.17. The number of aromatic nitrogens is 1. The Balaban J connectivity index is 1.95. The number of carbonyl (C=O) groups excluding carboxylic acids is 1. The van der Waals surface area contributed by atoms with Gasteiger partial charge in [0, 0.05) is 16.1 Å². The maximum absolute atomic E-state index is 14.1. The molecule has 2 heterocycles. The molecular formula is C18H18F4N3O3S2-. The van der Waals surface area contributed by atoms with Crippen molar-refractivity contribution in [3.8, 4) is 0 Å². The van der Waals surface area contributed by atoms with E-state index in [1.165, 1.54) is 20.8 Å². The SMILES string of the molecule is Cc1c(C(F)(F)F)nc2c(c1NC(=O)N=[S-](=O)c1sc(C(C)(C)O)cc1F)CCC2. The zero-order valence-corrected chi connectivity index (χ0v) is 17.8. The van der Waals surface area contributed by atoms with Crippen molar-refractivity contribution in [3.05, 3.63) is 39.3 Å². The molecule has 1 aliphatic rings. The molecule has 1 aliphatic carbocycles. The number of urea groups is 1. The van der Waals surface area contributed by atoms with Gasteiger partial charge in [0.25, 0.3) is 0 Å². The van der Waals surface area contributed by atoms with E-state index >= 15 is 0 Å². The zero-order valence-electron chi connectivity index (χ0n) is 16.2. The second-order valence-corrected chi connectivity index (χ2v) is 9.71. The van der Waals surface area contributed by atoms with Gasteiger partial charge in [-0.25, -0.2) is 14.2 Å². The van der Waals surface area contributed by atoms with Crippen molar-refractivity contribution in [1.29, 1.82) is 0 Å². The molecule has 0 aromatic carbocycles. The molecule has 164 valence electrons. The van der Waals surface area contributed by atoms with Crippen LogP contribution >= 0.6 is 11.3 Å². The first-order valence-corrected chi connectivity index (χ1v) is 10.8. The number of aryl methyl sites for hydroxylation is 1. The van der Waals surface area contributed by atoms with Crippen molar-refractivity contribution in [2.75, 3.05) is 5.32 Å². The summed E-state index contributed by atoms with van der Waals surface area (Å²) in [7, 11) is -2.43. The first-order chi connectivity index (χ1) is 13.8. The molecule has 2 aromatic rings. The Labute approximate surface area is 175 Å². The number of rotatable bonds is 3. The van der Waals surface area contributed by atoms with Crippen LogP contribution in [0.2, 0.25) is 0 Å². The van der Waals surface area contributed by atoms with Crippen LogP contribution in [0.4, 0.5) is 28.0 Å². The molecule has 0 saturated heterocycles. The summed E-state index contributed by atoms with van der Waals surface area (Å²) in [5.74, 6) is -0.896. The second-order valence-electron chi connectivity index (χ2n) is 7.31. The highest BCUT2D eigenvalue weighted by Crippen LogP contribution is 2.39. The molecule has 2 amide bonds. The number of hydrogen-bond donors (Lipinski definition) is 2. The number of fused-ring (bicyclic) bond motifs is 1. The summed E-state index contributed by atoms with van der Waals surface area (Å²) in [5, 5.41) is 12.2. The largest absolute Gasteiger partial charge is 0.439 e. The van der Waals surface area contributed by atoms with Crippen LogP contribution in [0.5, 0.6) is 0 Å². The molecular weight excluding hydrogens is 446 g/mol. The van der Waals surface area contributed by atoms with Crippen LogP contribution in [0.1, 0.15) is 47.7 Å². The van der Waals surface area contributed by atoms with Gasteiger partial charge in [0.2, 0.25) is 0 Å². The van der Waals surface area contributed by atoms with E-state index in [1.807, 2.05) is 0 Å². The molecule has 0 radical (unpaired) electrons. The summed E-state index contributed by atoms with van der Waals surface area (Å²) in [4.78, 5) is 16.2. The number of nitrogens with one attached hydrogen (secondary N) is 1. The maximum Gasteiger partial charge on any atom is 0.433 e. The lowest BCUT2D eigenvalue weighted by Gasteiger charge is -2.18.